The number of carbonyl (C=O) groups is 3. The zero-order valence-electron chi connectivity index (χ0n) is 37.8. The Labute approximate surface area is 346 Å². The van der Waals surface area contributed by atoms with Crippen LogP contribution < -0.4 is 5.11 Å². The highest BCUT2D eigenvalue weighted by Gasteiger charge is 2.25. The van der Waals surface area contributed by atoms with Crippen molar-refractivity contribution in [1.29, 1.82) is 0 Å². The Morgan fingerprint density at radius 2 is 0.786 bits per heavy atom. The van der Waals surface area contributed by atoms with Gasteiger partial charge in [0.1, 0.15) is 12.6 Å². The smallest absolute Gasteiger partial charge is 0.306 e. The molecule has 0 aromatic heterocycles. The highest BCUT2D eigenvalue weighted by atomic mass is 16.6. The number of quaternary nitrogens is 1. The first-order valence-corrected chi connectivity index (χ1v) is 24.1. The minimum Gasteiger partial charge on any atom is -0.544 e. The summed E-state index contributed by atoms with van der Waals surface area (Å²) in [6, 6.07) is -0.718. The zero-order valence-corrected chi connectivity index (χ0v) is 37.8. The molecule has 2 unspecified atom stereocenters. The quantitative estimate of drug-likeness (QED) is 0.0344. The molecule has 2 atom stereocenters. The predicted molar refractivity (Wildman–Crippen MR) is 231 cm³/mol. The summed E-state index contributed by atoms with van der Waals surface area (Å²) >= 11 is 0. The van der Waals surface area contributed by atoms with Crippen LogP contribution in [-0.2, 0) is 28.6 Å². The molecule has 0 aliphatic rings. The molecule has 0 fully saturated rings. The van der Waals surface area contributed by atoms with Crippen LogP contribution in [0.5, 0.6) is 0 Å². The molecule has 0 N–H and O–H groups in total. The third kappa shape index (κ3) is 37.9. The van der Waals surface area contributed by atoms with Crippen LogP contribution >= 0.6 is 0 Å². The van der Waals surface area contributed by atoms with Crippen molar-refractivity contribution in [3.05, 3.63) is 0 Å². The lowest BCUT2D eigenvalue weighted by Gasteiger charge is -2.34. The molecule has 0 saturated carbocycles. The minimum absolute atomic E-state index is 0.0487. The summed E-state index contributed by atoms with van der Waals surface area (Å²) in [6.45, 7) is 4.67. The molecule has 0 aromatic rings. The number of nitrogens with zero attached hydrogens (tertiary/aromatic N) is 1. The van der Waals surface area contributed by atoms with Gasteiger partial charge in [-0.2, -0.15) is 0 Å². The maximum absolute atomic E-state index is 12.7. The summed E-state index contributed by atoms with van der Waals surface area (Å²) in [4.78, 5) is 36.7. The van der Waals surface area contributed by atoms with Crippen molar-refractivity contribution in [2.45, 2.75) is 251 Å². The summed E-state index contributed by atoms with van der Waals surface area (Å²) in [7, 11) is 5.42. The molecular formula is C48H93NO7. The summed E-state index contributed by atoms with van der Waals surface area (Å²) in [6.07, 6.45) is 41.5. The van der Waals surface area contributed by atoms with Gasteiger partial charge >= 0.3 is 11.9 Å². The van der Waals surface area contributed by atoms with E-state index in [-0.39, 0.29) is 42.7 Å². The molecule has 0 saturated heterocycles. The number of carbonyl (C=O) groups excluding carboxylic acids is 3. The van der Waals surface area contributed by atoms with Crippen LogP contribution in [0.2, 0.25) is 0 Å². The molecule has 0 radical (unpaired) electrons. The first kappa shape index (κ1) is 54.3. The average molecular weight is 796 g/mol. The molecule has 0 spiro atoms. The van der Waals surface area contributed by atoms with E-state index < -0.39 is 18.1 Å². The van der Waals surface area contributed by atoms with Gasteiger partial charge in [0.05, 0.1) is 40.3 Å². The van der Waals surface area contributed by atoms with Gasteiger partial charge < -0.3 is 28.6 Å². The molecule has 8 nitrogen and oxygen atoms in total. The van der Waals surface area contributed by atoms with E-state index in [0.717, 1.165) is 38.5 Å². The Balaban J connectivity index is 4.05. The largest absolute Gasteiger partial charge is 0.544 e. The van der Waals surface area contributed by atoms with E-state index in [1.54, 1.807) is 21.1 Å². The molecular weight excluding hydrogens is 703 g/mol. The van der Waals surface area contributed by atoms with Crippen LogP contribution in [0.25, 0.3) is 0 Å². The third-order valence-corrected chi connectivity index (χ3v) is 11.2. The molecule has 0 amide bonds. The Morgan fingerprint density at radius 3 is 1.11 bits per heavy atom. The number of carboxylic acid groups (broad SMARTS) is 1. The van der Waals surface area contributed by atoms with Gasteiger partial charge in [-0.05, 0) is 12.8 Å². The van der Waals surface area contributed by atoms with E-state index in [0.29, 0.717) is 12.8 Å². The normalized spacial score (nSPS) is 12.8. The molecule has 0 heterocycles. The van der Waals surface area contributed by atoms with Crippen LogP contribution in [-0.4, -0.2) is 75.5 Å². The molecule has 332 valence electrons. The van der Waals surface area contributed by atoms with Crippen LogP contribution in [0.3, 0.4) is 0 Å². The van der Waals surface area contributed by atoms with Crippen molar-refractivity contribution in [3.8, 4) is 0 Å². The summed E-state index contributed by atoms with van der Waals surface area (Å²) in [5.74, 6) is -1.72. The van der Waals surface area contributed by atoms with Gasteiger partial charge in [0, 0.05) is 19.3 Å². The average Bonchev–Trinajstić information content (AvgIpc) is 3.15. The Morgan fingerprint density at radius 1 is 0.464 bits per heavy atom. The lowest BCUT2D eigenvalue weighted by molar-refractivity contribution is -0.889. The van der Waals surface area contributed by atoms with Crippen LogP contribution in [0.4, 0.5) is 0 Å². The lowest BCUT2D eigenvalue weighted by Crippen LogP contribution is -2.55. The van der Waals surface area contributed by atoms with E-state index in [1.165, 1.54) is 167 Å². The second-order valence-electron chi connectivity index (χ2n) is 17.7. The van der Waals surface area contributed by atoms with Crippen molar-refractivity contribution in [2.75, 3.05) is 41.0 Å². The number of esters is 2. The second kappa shape index (κ2) is 40.1. The van der Waals surface area contributed by atoms with Crippen molar-refractivity contribution >= 4 is 17.9 Å². The number of hydrogen-bond acceptors (Lipinski definition) is 7. The number of rotatable bonds is 44. The van der Waals surface area contributed by atoms with Crippen LogP contribution in [0, 0.1) is 0 Å². The minimum atomic E-state index is -1.12. The van der Waals surface area contributed by atoms with Gasteiger partial charge in [0.25, 0.3) is 0 Å². The van der Waals surface area contributed by atoms with Crippen molar-refractivity contribution in [1.82, 2.24) is 0 Å². The van der Waals surface area contributed by atoms with Gasteiger partial charge in [-0.25, -0.2) is 0 Å². The highest BCUT2D eigenvalue weighted by Crippen LogP contribution is 2.17. The van der Waals surface area contributed by atoms with Gasteiger partial charge in [-0.1, -0.05) is 206 Å². The lowest BCUT2D eigenvalue weighted by atomic mass is 10.0. The molecule has 0 aliphatic heterocycles. The van der Waals surface area contributed by atoms with Crippen molar-refractivity contribution in [2.24, 2.45) is 0 Å². The number of hydrogen-bond donors (Lipinski definition) is 0. The van der Waals surface area contributed by atoms with Crippen molar-refractivity contribution < 1.29 is 38.2 Å². The molecule has 0 bridgehead atoms. The number of unbranched alkanes of at least 4 members (excludes halogenated alkanes) is 30. The summed E-state index contributed by atoms with van der Waals surface area (Å²) in [5.41, 5.74) is 0. The van der Waals surface area contributed by atoms with Gasteiger partial charge in [-0.3, -0.25) is 9.59 Å². The summed E-state index contributed by atoms with van der Waals surface area (Å²) in [5, 5.41) is 11.6. The summed E-state index contributed by atoms with van der Waals surface area (Å²) < 4.78 is 17.1. The molecule has 0 aliphatic carbocycles. The fourth-order valence-corrected chi connectivity index (χ4v) is 7.49. The molecule has 56 heavy (non-hydrogen) atoms. The third-order valence-electron chi connectivity index (χ3n) is 11.2. The zero-order chi connectivity index (χ0) is 41.4. The Kier molecular flexibility index (Phi) is 38.9. The van der Waals surface area contributed by atoms with E-state index in [1.807, 2.05) is 0 Å². The highest BCUT2D eigenvalue weighted by molar-refractivity contribution is 5.70. The SMILES string of the molecule is CCCCCCCCCCCCCCCCCCCCCCCCCCC(=O)OC(COCCC(C(=O)[O-])[N+](C)(C)C)COC(=O)CCCCCCCCCC. The Hall–Kier alpha value is -1.67. The van der Waals surface area contributed by atoms with Gasteiger partial charge in [0.15, 0.2) is 6.10 Å². The first-order chi connectivity index (χ1) is 27.1. The first-order valence-electron chi connectivity index (χ1n) is 24.1. The van der Waals surface area contributed by atoms with Gasteiger partial charge in [-0.15, -0.1) is 0 Å². The van der Waals surface area contributed by atoms with E-state index in [4.69, 9.17) is 14.2 Å². The maximum Gasteiger partial charge on any atom is 0.306 e. The fraction of sp³-hybridized carbons (Fsp3) is 0.938. The number of aliphatic carboxylic acids is 1. The fourth-order valence-electron chi connectivity index (χ4n) is 7.49. The van der Waals surface area contributed by atoms with E-state index >= 15 is 0 Å². The molecule has 0 aromatic carbocycles. The van der Waals surface area contributed by atoms with Crippen molar-refractivity contribution in [3.63, 3.8) is 0 Å². The molecule has 8 heteroatoms. The topological polar surface area (TPSA) is 102 Å². The predicted octanol–water partition coefficient (Wildman–Crippen LogP) is 12.0. The number of likely N-dealkylation sites (N-methyl/N-ethyl adjacent to an activating group) is 1. The second-order valence-corrected chi connectivity index (χ2v) is 17.7. The number of ether oxygens (including phenoxy) is 3. The standard InChI is InChI=1S/C48H93NO7/c1-6-8-10-12-14-16-17-18-19-20-21-22-23-24-25-26-27-28-29-30-31-33-35-37-39-47(51)56-44(42-54-41-40-45(48(52)53)49(3,4)5)43-55-46(50)38-36-34-32-15-13-11-9-7-2/h44-45H,6-43H2,1-5H3. The van der Waals surface area contributed by atoms with E-state index in [9.17, 15) is 19.5 Å². The maximum atomic E-state index is 12.7. The van der Waals surface area contributed by atoms with Crippen LogP contribution in [0.15, 0.2) is 0 Å². The number of carboxylic acids is 1. The van der Waals surface area contributed by atoms with Crippen LogP contribution in [0.1, 0.15) is 239 Å². The molecule has 0 rings (SSSR count). The van der Waals surface area contributed by atoms with Gasteiger partial charge in [0.2, 0.25) is 0 Å². The monoisotopic (exact) mass is 796 g/mol. The Bertz CT molecular complexity index is 889. The van der Waals surface area contributed by atoms with E-state index in [2.05, 4.69) is 13.8 Å².